The number of aryl methyl sites for hydroxylation is 2. The summed E-state index contributed by atoms with van der Waals surface area (Å²) in [5.41, 5.74) is 2.21. The van der Waals surface area contributed by atoms with E-state index in [0.717, 1.165) is 25.0 Å². The summed E-state index contributed by atoms with van der Waals surface area (Å²) in [5.74, 6) is 5.14. The van der Waals surface area contributed by atoms with Crippen molar-refractivity contribution in [1.29, 1.82) is 0 Å². The van der Waals surface area contributed by atoms with Gasteiger partial charge in [0.1, 0.15) is 6.61 Å². The van der Waals surface area contributed by atoms with Gasteiger partial charge in [-0.15, -0.1) is 11.3 Å². The van der Waals surface area contributed by atoms with Crippen LogP contribution in [0.5, 0.6) is 0 Å². The van der Waals surface area contributed by atoms with Gasteiger partial charge in [0.15, 0.2) is 5.13 Å². The molecular weight excluding hydrogens is 284 g/mol. The summed E-state index contributed by atoms with van der Waals surface area (Å²) in [7, 11) is 0. The van der Waals surface area contributed by atoms with E-state index < -0.39 is 0 Å². The van der Waals surface area contributed by atoms with Crippen LogP contribution in [0.3, 0.4) is 0 Å². The van der Waals surface area contributed by atoms with Gasteiger partial charge in [0.25, 0.3) is 5.91 Å². The number of aliphatic hydroxyl groups excluding tert-OH is 1. The quantitative estimate of drug-likeness (QED) is 0.836. The number of rotatable bonds is 2. The van der Waals surface area contributed by atoms with Gasteiger partial charge in [-0.25, -0.2) is 4.98 Å². The number of hydrogen-bond acceptors (Lipinski definition) is 4. The molecule has 2 aromatic rings. The molecule has 21 heavy (non-hydrogen) atoms. The number of nitrogens with one attached hydrogen (secondary N) is 1. The molecule has 1 heterocycles. The average Bonchev–Trinajstić information content (AvgIpc) is 3.06. The lowest BCUT2D eigenvalue weighted by molar-refractivity contribution is 0.102. The van der Waals surface area contributed by atoms with Crippen LogP contribution in [0.2, 0.25) is 0 Å². The Morgan fingerprint density at radius 3 is 3.05 bits per heavy atom. The fraction of sp³-hybridized carbons (Fsp3) is 0.250. The predicted octanol–water partition coefficient (Wildman–Crippen LogP) is 2.23. The third kappa shape index (κ3) is 2.97. The molecule has 0 spiro atoms. The molecule has 0 saturated carbocycles. The Bertz CT molecular complexity index is 719. The van der Waals surface area contributed by atoms with Crippen molar-refractivity contribution < 1.29 is 9.90 Å². The third-order valence-corrected chi connectivity index (χ3v) is 4.36. The van der Waals surface area contributed by atoms with Gasteiger partial charge in [-0.3, -0.25) is 10.1 Å². The fourth-order valence-corrected chi connectivity index (χ4v) is 3.38. The highest BCUT2D eigenvalue weighted by Gasteiger charge is 2.18. The standard InChI is InChI=1S/C16H14N2O2S/c19-10-4-6-11-5-1-2-7-12(11)15(20)18-16-17-13-8-3-9-14(13)21-16/h1-2,5,7,19H,3,8-10H2,(H,17,18,20). The second kappa shape index (κ2) is 6.08. The minimum atomic E-state index is -0.227. The molecule has 3 rings (SSSR count). The molecule has 0 fully saturated rings. The summed E-state index contributed by atoms with van der Waals surface area (Å²) in [4.78, 5) is 18.1. The van der Waals surface area contributed by atoms with Gasteiger partial charge in [0, 0.05) is 10.4 Å². The van der Waals surface area contributed by atoms with Crippen LogP contribution in [0.15, 0.2) is 24.3 Å². The number of carbonyl (C=O) groups is 1. The lowest BCUT2D eigenvalue weighted by Gasteiger charge is -2.04. The van der Waals surface area contributed by atoms with Crippen molar-refractivity contribution in [2.45, 2.75) is 19.3 Å². The predicted molar refractivity (Wildman–Crippen MR) is 82.5 cm³/mol. The Labute approximate surface area is 126 Å². The lowest BCUT2D eigenvalue weighted by atomic mass is 10.1. The van der Waals surface area contributed by atoms with Crippen molar-refractivity contribution in [2.24, 2.45) is 0 Å². The highest BCUT2D eigenvalue weighted by Crippen LogP contribution is 2.30. The van der Waals surface area contributed by atoms with Crippen LogP contribution in [0.25, 0.3) is 0 Å². The number of aromatic nitrogens is 1. The lowest BCUT2D eigenvalue weighted by Crippen LogP contribution is -2.13. The zero-order valence-electron chi connectivity index (χ0n) is 11.3. The SMILES string of the molecule is O=C(Nc1nc2c(s1)CCC2)c1ccccc1C#CCO. The fourth-order valence-electron chi connectivity index (χ4n) is 2.33. The van der Waals surface area contributed by atoms with Crippen molar-refractivity contribution in [3.63, 3.8) is 0 Å². The number of benzene rings is 1. The van der Waals surface area contributed by atoms with E-state index in [2.05, 4.69) is 22.1 Å². The van der Waals surface area contributed by atoms with Gasteiger partial charge in [0.05, 0.1) is 11.3 Å². The molecular formula is C16H14N2O2S. The molecule has 1 aromatic heterocycles. The Morgan fingerprint density at radius 2 is 2.24 bits per heavy atom. The van der Waals surface area contributed by atoms with Crippen LogP contribution in [0.1, 0.15) is 32.9 Å². The zero-order valence-corrected chi connectivity index (χ0v) is 12.2. The largest absolute Gasteiger partial charge is 0.384 e. The van der Waals surface area contributed by atoms with E-state index in [1.807, 2.05) is 6.07 Å². The van der Waals surface area contributed by atoms with Gasteiger partial charge in [0.2, 0.25) is 0 Å². The number of anilines is 1. The summed E-state index contributed by atoms with van der Waals surface area (Å²) in [6.45, 7) is -0.227. The maximum atomic E-state index is 12.4. The molecule has 0 saturated heterocycles. The summed E-state index contributed by atoms with van der Waals surface area (Å²) in [6.07, 6.45) is 3.21. The van der Waals surface area contributed by atoms with Crippen LogP contribution < -0.4 is 5.32 Å². The number of thiazole rings is 1. The Kier molecular flexibility index (Phi) is 4.00. The zero-order chi connectivity index (χ0) is 14.7. The molecule has 1 aliphatic carbocycles. The molecule has 0 unspecified atom stereocenters. The molecule has 0 aliphatic heterocycles. The number of aliphatic hydroxyl groups is 1. The molecule has 1 amide bonds. The molecule has 0 atom stereocenters. The molecule has 0 bridgehead atoms. The summed E-state index contributed by atoms with van der Waals surface area (Å²) < 4.78 is 0. The van der Waals surface area contributed by atoms with Gasteiger partial charge in [-0.1, -0.05) is 24.0 Å². The Hall–Kier alpha value is -2.16. The highest BCUT2D eigenvalue weighted by atomic mass is 32.1. The van der Waals surface area contributed by atoms with E-state index in [1.54, 1.807) is 29.5 Å². The highest BCUT2D eigenvalue weighted by molar-refractivity contribution is 7.16. The van der Waals surface area contributed by atoms with Gasteiger partial charge < -0.3 is 5.11 Å². The summed E-state index contributed by atoms with van der Waals surface area (Å²) in [6, 6.07) is 7.09. The normalized spacial score (nSPS) is 12.4. The first-order valence-electron chi connectivity index (χ1n) is 6.76. The topological polar surface area (TPSA) is 62.2 Å². The number of fused-ring (bicyclic) bond motifs is 1. The monoisotopic (exact) mass is 298 g/mol. The van der Waals surface area contributed by atoms with E-state index in [4.69, 9.17) is 5.11 Å². The van der Waals surface area contributed by atoms with E-state index in [1.165, 1.54) is 4.88 Å². The average molecular weight is 298 g/mol. The van der Waals surface area contributed by atoms with Gasteiger partial charge >= 0.3 is 0 Å². The molecule has 1 aromatic carbocycles. The van der Waals surface area contributed by atoms with E-state index >= 15 is 0 Å². The first-order valence-corrected chi connectivity index (χ1v) is 7.58. The minimum absolute atomic E-state index is 0.217. The third-order valence-electron chi connectivity index (χ3n) is 3.29. The smallest absolute Gasteiger partial charge is 0.258 e. The summed E-state index contributed by atoms with van der Waals surface area (Å²) >= 11 is 1.55. The van der Waals surface area contributed by atoms with Crippen LogP contribution in [-0.2, 0) is 12.8 Å². The second-order valence-corrected chi connectivity index (χ2v) is 5.79. The minimum Gasteiger partial charge on any atom is -0.384 e. The molecule has 4 nitrogen and oxygen atoms in total. The van der Waals surface area contributed by atoms with Crippen LogP contribution in [0.4, 0.5) is 5.13 Å². The van der Waals surface area contributed by atoms with Crippen molar-refractivity contribution in [1.82, 2.24) is 4.98 Å². The molecule has 1 aliphatic rings. The maximum Gasteiger partial charge on any atom is 0.258 e. The van der Waals surface area contributed by atoms with Crippen LogP contribution in [0, 0.1) is 11.8 Å². The molecule has 106 valence electrons. The Balaban J connectivity index is 1.81. The van der Waals surface area contributed by atoms with Gasteiger partial charge in [-0.05, 0) is 31.4 Å². The van der Waals surface area contributed by atoms with Crippen molar-refractivity contribution >= 4 is 22.4 Å². The van der Waals surface area contributed by atoms with E-state index in [-0.39, 0.29) is 12.5 Å². The maximum absolute atomic E-state index is 12.4. The molecule has 0 radical (unpaired) electrons. The number of amides is 1. The first-order chi connectivity index (χ1) is 10.3. The van der Waals surface area contributed by atoms with Crippen molar-refractivity contribution in [3.05, 3.63) is 46.0 Å². The van der Waals surface area contributed by atoms with Crippen LogP contribution in [-0.4, -0.2) is 22.6 Å². The summed E-state index contributed by atoms with van der Waals surface area (Å²) in [5, 5.41) is 12.3. The van der Waals surface area contributed by atoms with Crippen molar-refractivity contribution in [2.75, 3.05) is 11.9 Å². The number of hydrogen-bond donors (Lipinski definition) is 2. The van der Waals surface area contributed by atoms with E-state index in [0.29, 0.717) is 16.3 Å². The second-order valence-electron chi connectivity index (χ2n) is 4.70. The number of carbonyl (C=O) groups excluding carboxylic acids is 1. The first kappa shape index (κ1) is 13.8. The molecule has 2 N–H and O–H groups in total. The van der Waals surface area contributed by atoms with Gasteiger partial charge in [-0.2, -0.15) is 0 Å². The van der Waals surface area contributed by atoms with Crippen LogP contribution >= 0.6 is 11.3 Å². The Morgan fingerprint density at radius 1 is 1.38 bits per heavy atom. The molecule has 5 heteroatoms. The van der Waals surface area contributed by atoms with Crippen molar-refractivity contribution in [3.8, 4) is 11.8 Å². The van der Waals surface area contributed by atoms with E-state index in [9.17, 15) is 4.79 Å². The number of nitrogens with zero attached hydrogens (tertiary/aromatic N) is 1.